The molecule has 2 heterocycles. The van der Waals surface area contributed by atoms with Crippen molar-refractivity contribution in [3.63, 3.8) is 0 Å². The molecule has 2 rings (SSSR count). The molecule has 0 aliphatic carbocycles. The quantitative estimate of drug-likeness (QED) is 0.484. The molecule has 0 bridgehead atoms. The Labute approximate surface area is 114 Å². The van der Waals surface area contributed by atoms with Crippen molar-refractivity contribution < 1.29 is 9.53 Å². The fraction of sp³-hybridized carbons (Fsp3) is 0.214. The molecular weight excluding hydrogens is 264 g/mol. The van der Waals surface area contributed by atoms with Crippen LogP contribution >= 0.6 is 22.7 Å². The molecule has 0 aliphatic rings. The van der Waals surface area contributed by atoms with E-state index in [1.807, 2.05) is 17.5 Å². The zero-order valence-corrected chi connectivity index (χ0v) is 11.6. The van der Waals surface area contributed by atoms with E-state index >= 15 is 0 Å². The van der Waals surface area contributed by atoms with Gasteiger partial charge in [0.05, 0.1) is 4.88 Å². The molecule has 0 aliphatic heterocycles. The van der Waals surface area contributed by atoms with Gasteiger partial charge in [-0.25, -0.2) is 0 Å². The smallest absolute Gasteiger partial charge is 0.302 e. The number of hydrogen-bond donors (Lipinski definition) is 0. The molecular formula is C14H12O2S2. The molecule has 92 valence electrons. The van der Waals surface area contributed by atoms with Gasteiger partial charge in [-0.05, 0) is 22.9 Å². The van der Waals surface area contributed by atoms with Crippen LogP contribution < -0.4 is 0 Å². The summed E-state index contributed by atoms with van der Waals surface area (Å²) in [6.07, 6.45) is 0.569. The van der Waals surface area contributed by atoms with Crippen LogP contribution in [0.1, 0.15) is 18.9 Å². The lowest BCUT2D eigenvalue weighted by molar-refractivity contribution is -0.140. The highest BCUT2D eigenvalue weighted by Crippen LogP contribution is 2.32. The molecule has 2 nitrogen and oxygen atoms in total. The second kappa shape index (κ2) is 6.39. The number of carbonyl (C=O) groups is 1. The maximum atomic E-state index is 10.6. The third kappa shape index (κ3) is 3.46. The van der Waals surface area contributed by atoms with Crippen LogP contribution in [0.2, 0.25) is 0 Å². The Morgan fingerprint density at radius 2 is 2.22 bits per heavy atom. The van der Waals surface area contributed by atoms with E-state index in [0.717, 1.165) is 5.56 Å². The molecule has 0 unspecified atom stereocenters. The van der Waals surface area contributed by atoms with Crippen molar-refractivity contribution in [2.45, 2.75) is 13.3 Å². The molecule has 0 fully saturated rings. The summed E-state index contributed by atoms with van der Waals surface area (Å²) in [7, 11) is 0. The molecule has 2 aromatic rings. The SMILES string of the molecule is CC(=O)OCCC#Cc1ccsc1-c1cccs1. The first-order chi connectivity index (χ1) is 8.77. The Kier molecular flexibility index (Phi) is 4.57. The first-order valence-electron chi connectivity index (χ1n) is 5.51. The molecule has 0 N–H and O–H groups in total. The summed E-state index contributed by atoms with van der Waals surface area (Å²) in [6, 6.07) is 6.16. The van der Waals surface area contributed by atoms with Gasteiger partial charge < -0.3 is 4.74 Å². The molecule has 0 aromatic carbocycles. The van der Waals surface area contributed by atoms with Gasteiger partial charge in [0.15, 0.2) is 0 Å². The molecule has 18 heavy (non-hydrogen) atoms. The normalized spacial score (nSPS) is 9.61. The molecule has 0 saturated carbocycles. The van der Waals surface area contributed by atoms with Gasteiger partial charge in [-0.2, -0.15) is 0 Å². The standard InChI is InChI=1S/C14H12O2S2/c1-11(15)16-8-3-2-5-12-7-10-18-14(12)13-6-4-9-17-13/h4,6-7,9-10H,3,8H2,1H3. The lowest BCUT2D eigenvalue weighted by Gasteiger charge is -1.95. The summed E-state index contributed by atoms with van der Waals surface area (Å²) in [5, 5.41) is 4.11. The predicted octanol–water partition coefficient (Wildman–Crippen LogP) is 3.78. The molecule has 4 heteroatoms. The van der Waals surface area contributed by atoms with Gasteiger partial charge in [0.1, 0.15) is 6.61 Å². The minimum Gasteiger partial charge on any atom is -0.465 e. The molecule has 0 radical (unpaired) electrons. The maximum absolute atomic E-state index is 10.6. The van der Waals surface area contributed by atoms with Crippen LogP contribution in [0.25, 0.3) is 9.75 Å². The third-order valence-electron chi connectivity index (χ3n) is 2.17. The van der Waals surface area contributed by atoms with E-state index in [-0.39, 0.29) is 5.97 Å². The van der Waals surface area contributed by atoms with E-state index in [1.165, 1.54) is 16.7 Å². The van der Waals surface area contributed by atoms with Crippen molar-refractivity contribution in [1.82, 2.24) is 0 Å². The second-order valence-electron chi connectivity index (χ2n) is 3.53. The number of carbonyl (C=O) groups excluding carboxylic acids is 1. The van der Waals surface area contributed by atoms with Gasteiger partial charge in [0.25, 0.3) is 0 Å². The Hall–Kier alpha value is -1.57. The average molecular weight is 276 g/mol. The summed E-state index contributed by atoms with van der Waals surface area (Å²) < 4.78 is 4.83. The Balaban J connectivity index is 2.00. The third-order valence-corrected chi connectivity index (χ3v) is 4.13. The highest BCUT2D eigenvalue weighted by Gasteiger charge is 2.05. The van der Waals surface area contributed by atoms with Gasteiger partial charge in [-0.15, -0.1) is 22.7 Å². The summed E-state index contributed by atoms with van der Waals surface area (Å²) >= 11 is 3.41. The number of ether oxygens (including phenoxy) is 1. The topological polar surface area (TPSA) is 26.3 Å². The van der Waals surface area contributed by atoms with Crippen molar-refractivity contribution in [1.29, 1.82) is 0 Å². The van der Waals surface area contributed by atoms with E-state index in [9.17, 15) is 4.79 Å². The van der Waals surface area contributed by atoms with Crippen LogP contribution in [0, 0.1) is 11.8 Å². The van der Waals surface area contributed by atoms with Crippen LogP contribution in [0.4, 0.5) is 0 Å². The van der Waals surface area contributed by atoms with Crippen LogP contribution in [0.5, 0.6) is 0 Å². The largest absolute Gasteiger partial charge is 0.465 e. The van der Waals surface area contributed by atoms with Crippen LogP contribution in [0.15, 0.2) is 29.0 Å². The monoisotopic (exact) mass is 276 g/mol. The van der Waals surface area contributed by atoms with E-state index in [0.29, 0.717) is 13.0 Å². The summed E-state index contributed by atoms with van der Waals surface area (Å²) in [5.41, 5.74) is 1.05. The lowest BCUT2D eigenvalue weighted by atomic mass is 10.2. The van der Waals surface area contributed by atoms with E-state index in [4.69, 9.17) is 4.74 Å². The summed E-state index contributed by atoms with van der Waals surface area (Å²) in [6.45, 7) is 1.77. The van der Waals surface area contributed by atoms with Crippen molar-refractivity contribution >= 4 is 28.6 Å². The fourth-order valence-electron chi connectivity index (χ4n) is 1.41. The predicted molar refractivity (Wildman–Crippen MR) is 75.8 cm³/mol. The Bertz CT molecular complexity index is 570. The first kappa shape index (κ1) is 12.9. The minimum atomic E-state index is -0.258. The van der Waals surface area contributed by atoms with Gasteiger partial charge in [0.2, 0.25) is 0 Å². The van der Waals surface area contributed by atoms with Crippen molar-refractivity contribution in [3.8, 4) is 21.6 Å². The van der Waals surface area contributed by atoms with Crippen molar-refractivity contribution in [3.05, 3.63) is 34.5 Å². The minimum absolute atomic E-state index is 0.258. The number of rotatable bonds is 3. The first-order valence-corrected chi connectivity index (χ1v) is 7.27. The molecule has 0 spiro atoms. The van der Waals surface area contributed by atoms with Crippen LogP contribution in [0.3, 0.4) is 0 Å². The Morgan fingerprint density at radius 3 is 2.94 bits per heavy atom. The van der Waals surface area contributed by atoms with E-state index in [2.05, 4.69) is 23.3 Å². The zero-order chi connectivity index (χ0) is 12.8. The van der Waals surface area contributed by atoms with Crippen LogP contribution in [-0.2, 0) is 9.53 Å². The van der Waals surface area contributed by atoms with Gasteiger partial charge >= 0.3 is 5.97 Å². The average Bonchev–Trinajstić information content (AvgIpc) is 2.97. The Morgan fingerprint density at radius 1 is 1.33 bits per heavy atom. The van der Waals surface area contributed by atoms with Gasteiger partial charge in [-0.3, -0.25) is 4.79 Å². The summed E-state index contributed by atoms with van der Waals surface area (Å²) in [4.78, 5) is 13.0. The van der Waals surface area contributed by atoms with Crippen LogP contribution in [-0.4, -0.2) is 12.6 Å². The molecule has 0 amide bonds. The molecule has 2 aromatic heterocycles. The number of esters is 1. The second-order valence-corrected chi connectivity index (χ2v) is 5.40. The summed E-state index contributed by atoms with van der Waals surface area (Å²) in [5.74, 6) is 5.90. The fourth-order valence-corrected chi connectivity index (χ4v) is 3.15. The van der Waals surface area contributed by atoms with E-state index < -0.39 is 0 Å². The van der Waals surface area contributed by atoms with Gasteiger partial charge in [0, 0.05) is 23.8 Å². The van der Waals surface area contributed by atoms with Gasteiger partial charge in [-0.1, -0.05) is 17.9 Å². The maximum Gasteiger partial charge on any atom is 0.302 e. The highest BCUT2D eigenvalue weighted by molar-refractivity contribution is 7.20. The van der Waals surface area contributed by atoms with Crippen molar-refractivity contribution in [2.75, 3.05) is 6.61 Å². The zero-order valence-electron chi connectivity index (χ0n) is 9.93. The number of thiophene rings is 2. The van der Waals surface area contributed by atoms with E-state index in [1.54, 1.807) is 22.7 Å². The molecule has 0 saturated heterocycles. The molecule has 0 atom stereocenters. The highest BCUT2D eigenvalue weighted by atomic mass is 32.1. The van der Waals surface area contributed by atoms with Crippen molar-refractivity contribution in [2.24, 2.45) is 0 Å². The lowest BCUT2D eigenvalue weighted by Crippen LogP contribution is -1.98. The number of hydrogen-bond acceptors (Lipinski definition) is 4.